The van der Waals surface area contributed by atoms with Crippen molar-refractivity contribution in [1.29, 1.82) is 0 Å². The number of carbonyl (C=O) groups excluding carboxylic acids is 1. The first-order valence-corrected chi connectivity index (χ1v) is 9.65. The fourth-order valence-electron chi connectivity index (χ4n) is 3.44. The minimum Gasteiger partial charge on any atom is -0.366 e. The van der Waals surface area contributed by atoms with Crippen molar-refractivity contribution < 1.29 is 7.54 Å². The van der Waals surface area contributed by atoms with Gasteiger partial charge in [-0.15, -0.1) is 0 Å². The fourth-order valence-corrected chi connectivity index (χ4v) is 3.44. The van der Waals surface area contributed by atoms with Crippen molar-refractivity contribution in [3.8, 4) is 11.3 Å². The molecule has 0 saturated carbocycles. The van der Waals surface area contributed by atoms with Crippen LogP contribution in [0.5, 0.6) is 0 Å². The Labute approximate surface area is 177 Å². The van der Waals surface area contributed by atoms with Crippen LogP contribution in [0, 0.1) is 6.92 Å². The molecule has 4 rings (SSSR count). The van der Waals surface area contributed by atoms with Crippen molar-refractivity contribution in [2.45, 2.75) is 32.6 Å². The molecule has 0 fully saturated rings. The van der Waals surface area contributed by atoms with E-state index in [9.17, 15) is 4.79 Å². The van der Waals surface area contributed by atoms with Gasteiger partial charge < -0.3 is 5.73 Å². The number of benzene rings is 1. The number of rotatable bonds is 6. The molecule has 30 heavy (non-hydrogen) atoms. The molecule has 0 aliphatic rings. The van der Waals surface area contributed by atoms with Gasteiger partial charge >= 0.3 is 0 Å². The molecular formula is C23H22N6O. The highest BCUT2D eigenvalue weighted by molar-refractivity contribution is 6.05. The van der Waals surface area contributed by atoms with Gasteiger partial charge in [0, 0.05) is 35.2 Å². The topological polar surface area (TPSA) is 108 Å². The van der Waals surface area contributed by atoms with E-state index >= 15 is 0 Å². The lowest BCUT2D eigenvalue weighted by Crippen LogP contribution is -2.12. The quantitative estimate of drug-likeness (QED) is 0.529. The number of carbonyl (C=O) groups is 1. The first-order chi connectivity index (χ1) is 15.3. The molecule has 0 bridgehead atoms. The second-order valence-corrected chi connectivity index (χ2v) is 7.17. The molecule has 0 unspecified atom stereocenters. The monoisotopic (exact) mass is 400 g/mol. The number of amides is 1. The van der Waals surface area contributed by atoms with Gasteiger partial charge in [-0.05, 0) is 43.4 Å². The second-order valence-electron chi connectivity index (χ2n) is 7.17. The Balaban J connectivity index is 1.59. The van der Waals surface area contributed by atoms with Crippen molar-refractivity contribution in [3.63, 3.8) is 0 Å². The summed E-state index contributed by atoms with van der Waals surface area (Å²) in [4.78, 5) is 32.9. The Hall–Kier alpha value is -3.74. The number of hydrogen-bond donors (Lipinski definition) is 1. The van der Waals surface area contributed by atoms with Crippen LogP contribution < -0.4 is 5.73 Å². The Morgan fingerprint density at radius 3 is 2.70 bits per heavy atom. The SMILES string of the molecule is [2H]c1nc(C)nc([2H])c1-c1cc(CC[C@@H](C)c2cccc3c(C(N)=O)ccnc23)ncn1. The van der Waals surface area contributed by atoms with E-state index in [1.165, 1.54) is 6.33 Å². The Bertz CT molecular complexity index is 1300. The third-order valence-corrected chi connectivity index (χ3v) is 5.07. The molecule has 0 radical (unpaired) electrons. The van der Waals surface area contributed by atoms with E-state index in [0.29, 0.717) is 29.1 Å². The van der Waals surface area contributed by atoms with Gasteiger partial charge in [0.15, 0.2) is 0 Å². The fraction of sp³-hybridized carbons (Fsp3) is 0.217. The van der Waals surface area contributed by atoms with Gasteiger partial charge in [-0.25, -0.2) is 19.9 Å². The first kappa shape index (κ1) is 17.1. The lowest BCUT2D eigenvalue weighted by Gasteiger charge is -2.15. The number of pyridine rings is 1. The molecule has 0 aliphatic carbocycles. The van der Waals surface area contributed by atoms with Gasteiger partial charge in [0.25, 0.3) is 0 Å². The van der Waals surface area contributed by atoms with E-state index in [-0.39, 0.29) is 18.3 Å². The number of para-hydroxylation sites is 1. The number of aromatic nitrogens is 5. The van der Waals surface area contributed by atoms with Crippen LogP contribution >= 0.6 is 0 Å². The van der Waals surface area contributed by atoms with Crippen molar-refractivity contribution in [3.05, 3.63) is 77.8 Å². The van der Waals surface area contributed by atoms with E-state index in [1.54, 1.807) is 25.3 Å². The summed E-state index contributed by atoms with van der Waals surface area (Å²) in [5.74, 6) is 0.0577. The van der Waals surface area contributed by atoms with E-state index in [4.69, 9.17) is 8.48 Å². The van der Waals surface area contributed by atoms with Gasteiger partial charge in [0.05, 0.1) is 19.5 Å². The lowest BCUT2D eigenvalue weighted by atomic mass is 9.92. The molecule has 2 N–H and O–H groups in total. The molecule has 1 atom stereocenters. The zero-order chi connectivity index (χ0) is 22.8. The molecule has 1 aromatic carbocycles. The maximum atomic E-state index is 11.8. The van der Waals surface area contributed by atoms with Crippen LogP contribution in [0.1, 0.15) is 49.4 Å². The zero-order valence-electron chi connectivity index (χ0n) is 18.8. The van der Waals surface area contributed by atoms with Crippen LogP contribution in [0.25, 0.3) is 22.2 Å². The second kappa shape index (κ2) is 8.32. The summed E-state index contributed by atoms with van der Waals surface area (Å²) < 4.78 is 16.2. The smallest absolute Gasteiger partial charge is 0.249 e. The summed E-state index contributed by atoms with van der Waals surface area (Å²) in [7, 11) is 0. The van der Waals surface area contributed by atoms with Crippen LogP contribution in [0.2, 0.25) is 0 Å². The van der Waals surface area contributed by atoms with Crippen LogP contribution in [0.4, 0.5) is 0 Å². The number of nitrogens with zero attached hydrogens (tertiary/aromatic N) is 5. The number of primary amides is 1. The number of nitrogens with two attached hydrogens (primary N) is 1. The highest BCUT2D eigenvalue weighted by atomic mass is 16.1. The maximum absolute atomic E-state index is 11.8. The highest BCUT2D eigenvalue weighted by Gasteiger charge is 2.15. The van der Waals surface area contributed by atoms with Crippen LogP contribution in [0.3, 0.4) is 0 Å². The summed E-state index contributed by atoms with van der Waals surface area (Å²) in [6.07, 6.45) is 4.45. The van der Waals surface area contributed by atoms with Crippen molar-refractivity contribution in [2.24, 2.45) is 5.73 Å². The third kappa shape index (κ3) is 4.00. The zero-order valence-corrected chi connectivity index (χ0v) is 16.8. The summed E-state index contributed by atoms with van der Waals surface area (Å²) in [6, 6.07) is 9.20. The summed E-state index contributed by atoms with van der Waals surface area (Å²) in [5, 5.41) is 0.749. The summed E-state index contributed by atoms with van der Waals surface area (Å²) in [5.41, 5.74) is 9.35. The van der Waals surface area contributed by atoms with Crippen molar-refractivity contribution in [1.82, 2.24) is 24.9 Å². The molecule has 3 aromatic heterocycles. The van der Waals surface area contributed by atoms with Crippen LogP contribution in [-0.2, 0) is 6.42 Å². The number of fused-ring (bicyclic) bond motifs is 1. The predicted molar refractivity (Wildman–Crippen MR) is 115 cm³/mol. The highest BCUT2D eigenvalue weighted by Crippen LogP contribution is 2.29. The molecule has 0 aliphatic heterocycles. The van der Waals surface area contributed by atoms with Crippen LogP contribution in [0.15, 0.2) is 55.2 Å². The first-order valence-electron chi connectivity index (χ1n) is 10.7. The van der Waals surface area contributed by atoms with Crippen molar-refractivity contribution >= 4 is 16.8 Å². The van der Waals surface area contributed by atoms with E-state index in [0.717, 1.165) is 28.6 Å². The van der Waals surface area contributed by atoms with Gasteiger partial charge in [-0.2, -0.15) is 0 Å². The molecular weight excluding hydrogens is 376 g/mol. The van der Waals surface area contributed by atoms with Gasteiger partial charge in [0.1, 0.15) is 12.2 Å². The molecule has 150 valence electrons. The van der Waals surface area contributed by atoms with Crippen LogP contribution in [-0.4, -0.2) is 30.8 Å². The van der Waals surface area contributed by atoms with Gasteiger partial charge in [0.2, 0.25) is 5.91 Å². The van der Waals surface area contributed by atoms with E-state index in [2.05, 4.69) is 31.8 Å². The Morgan fingerprint density at radius 1 is 1.13 bits per heavy atom. The maximum Gasteiger partial charge on any atom is 0.249 e. The molecule has 4 aromatic rings. The molecule has 7 heteroatoms. The van der Waals surface area contributed by atoms with Gasteiger partial charge in [-0.3, -0.25) is 9.78 Å². The standard InChI is InChI=1S/C23H22N6O/c1-14(18-4-3-5-19-20(23(24)30)8-9-25-22(18)19)6-7-17-10-21(29-13-28-17)16-11-26-15(2)27-12-16/h3-5,8-14H,6-7H2,1-2H3,(H2,24,30)/t14-/m1/s1/i11D,12D. The molecule has 0 spiro atoms. The Kier molecular flexibility index (Phi) is 4.76. The average Bonchev–Trinajstić information content (AvgIpc) is 2.76. The van der Waals surface area contributed by atoms with Gasteiger partial charge in [-0.1, -0.05) is 25.1 Å². The predicted octanol–water partition coefficient (Wildman–Crippen LogP) is 3.63. The molecule has 0 saturated heterocycles. The molecule has 1 amide bonds. The number of aryl methyl sites for hydroxylation is 2. The number of hydrogen-bond acceptors (Lipinski definition) is 6. The van der Waals surface area contributed by atoms with E-state index in [1.807, 2.05) is 18.2 Å². The average molecular weight is 400 g/mol. The Morgan fingerprint density at radius 2 is 1.93 bits per heavy atom. The summed E-state index contributed by atoms with van der Waals surface area (Å²) in [6.45, 7) is 3.76. The normalized spacial score (nSPS) is 13.0. The van der Waals surface area contributed by atoms with E-state index < -0.39 is 5.91 Å². The van der Waals surface area contributed by atoms with Crippen molar-refractivity contribution in [2.75, 3.05) is 0 Å². The third-order valence-electron chi connectivity index (χ3n) is 5.07. The molecule has 7 nitrogen and oxygen atoms in total. The summed E-state index contributed by atoms with van der Waals surface area (Å²) >= 11 is 0. The lowest BCUT2D eigenvalue weighted by molar-refractivity contribution is 0.100. The largest absolute Gasteiger partial charge is 0.366 e. The minimum atomic E-state index is -0.474. The molecule has 3 heterocycles. The minimum absolute atomic E-state index is 0.0207.